The highest BCUT2D eigenvalue weighted by atomic mass is 32.2. The van der Waals surface area contributed by atoms with Crippen LogP contribution in [0.15, 0.2) is 46.4 Å². The van der Waals surface area contributed by atoms with Gasteiger partial charge in [-0.25, -0.2) is 13.2 Å². The largest absolute Gasteiger partial charge is 0.450 e. The maximum absolute atomic E-state index is 14.5. The van der Waals surface area contributed by atoms with Crippen molar-refractivity contribution in [3.63, 3.8) is 0 Å². The van der Waals surface area contributed by atoms with Crippen LogP contribution in [0.1, 0.15) is 94.0 Å². The van der Waals surface area contributed by atoms with Gasteiger partial charge in [0.1, 0.15) is 0 Å². The normalized spacial score (nSPS) is 15.3. The van der Waals surface area contributed by atoms with E-state index in [9.17, 15) is 23.2 Å². The lowest BCUT2D eigenvalue weighted by Crippen LogP contribution is -2.53. The molecule has 1 atom stereocenters. The summed E-state index contributed by atoms with van der Waals surface area (Å²) in [6.07, 6.45) is -0.285. The Labute approximate surface area is 262 Å². The van der Waals surface area contributed by atoms with E-state index in [4.69, 9.17) is 10.5 Å². The molecule has 1 aliphatic heterocycles. The molecule has 1 heterocycles. The minimum Gasteiger partial charge on any atom is -0.450 e. The van der Waals surface area contributed by atoms with Crippen molar-refractivity contribution in [2.75, 3.05) is 38.5 Å². The first-order valence-corrected chi connectivity index (χ1v) is 17.0. The number of amidine groups is 1. The number of piperazine rings is 1. The summed E-state index contributed by atoms with van der Waals surface area (Å²) in [6.45, 7) is 15.3. The molecule has 0 bridgehead atoms. The lowest BCUT2D eigenvalue weighted by Gasteiger charge is -2.36. The van der Waals surface area contributed by atoms with Crippen LogP contribution in [0.4, 0.5) is 4.79 Å². The zero-order chi connectivity index (χ0) is 32.8. The SMILES string of the molecule is CCOC(=O)N1CCN(C(=O)C(Cc2cccc(C(N)=NO)c2)CS(=O)(=O)c2c(C(C)C)cc(C(C)C)cc2C(C)C)CC1. The quantitative estimate of drug-likeness (QED) is 0.153. The number of sulfone groups is 1. The Morgan fingerprint density at radius 1 is 0.932 bits per heavy atom. The van der Waals surface area contributed by atoms with Crippen molar-refractivity contribution < 1.29 is 28.0 Å². The number of nitrogens with two attached hydrogens (primary N) is 1. The summed E-state index contributed by atoms with van der Waals surface area (Å²) < 4.78 is 34.1. The Bertz CT molecular complexity index is 1430. The lowest BCUT2D eigenvalue weighted by molar-refractivity contribution is -0.136. The number of oxime groups is 1. The highest BCUT2D eigenvalue weighted by Crippen LogP contribution is 2.36. The summed E-state index contributed by atoms with van der Waals surface area (Å²) >= 11 is 0. The third kappa shape index (κ3) is 8.31. The molecule has 11 heteroatoms. The minimum absolute atomic E-state index is 0.0430. The molecule has 3 rings (SSSR count). The van der Waals surface area contributed by atoms with Crippen molar-refractivity contribution in [2.24, 2.45) is 16.8 Å². The van der Waals surface area contributed by atoms with Crippen LogP contribution in [-0.4, -0.2) is 79.8 Å². The number of carbonyl (C=O) groups is 2. The molecule has 0 spiro atoms. The summed E-state index contributed by atoms with van der Waals surface area (Å²) in [4.78, 5) is 29.9. The van der Waals surface area contributed by atoms with Crippen LogP contribution >= 0.6 is 0 Å². The van der Waals surface area contributed by atoms with Crippen molar-refractivity contribution in [2.45, 2.75) is 77.5 Å². The zero-order valence-electron chi connectivity index (χ0n) is 27.0. The fourth-order valence-electron chi connectivity index (χ4n) is 5.60. The van der Waals surface area contributed by atoms with Gasteiger partial charge in [-0.15, -0.1) is 0 Å². The lowest BCUT2D eigenvalue weighted by atomic mass is 9.89. The Hall–Kier alpha value is -3.60. The van der Waals surface area contributed by atoms with Gasteiger partial charge >= 0.3 is 6.09 Å². The van der Waals surface area contributed by atoms with Gasteiger partial charge in [0.25, 0.3) is 0 Å². The Balaban J connectivity index is 2.05. The Morgan fingerprint density at radius 2 is 1.50 bits per heavy atom. The van der Waals surface area contributed by atoms with Gasteiger partial charge in [0, 0.05) is 31.7 Å². The number of hydrogen-bond acceptors (Lipinski definition) is 7. The van der Waals surface area contributed by atoms with Crippen molar-refractivity contribution in [3.8, 4) is 0 Å². The second kappa shape index (κ2) is 14.9. The zero-order valence-corrected chi connectivity index (χ0v) is 27.9. The average Bonchev–Trinajstić information content (AvgIpc) is 2.99. The van der Waals surface area contributed by atoms with Gasteiger partial charge in [0.2, 0.25) is 5.91 Å². The highest BCUT2D eigenvalue weighted by molar-refractivity contribution is 7.91. The first-order chi connectivity index (χ1) is 20.7. The van der Waals surface area contributed by atoms with Crippen LogP contribution in [0.25, 0.3) is 0 Å². The van der Waals surface area contributed by atoms with Gasteiger partial charge in [-0.1, -0.05) is 77.0 Å². The van der Waals surface area contributed by atoms with E-state index in [-0.39, 0.29) is 61.4 Å². The molecule has 0 aliphatic carbocycles. The summed E-state index contributed by atoms with van der Waals surface area (Å²) in [6, 6.07) is 10.9. The molecule has 0 radical (unpaired) electrons. The molecule has 2 amide bonds. The molecule has 0 aromatic heterocycles. The highest BCUT2D eigenvalue weighted by Gasteiger charge is 2.35. The average molecular weight is 629 g/mol. The predicted molar refractivity (Wildman–Crippen MR) is 172 cm³/mol. The maximum atomic E-state index is 14.5. The molecule has 2 aromatic carbocycles. The van der Waals surface area contributed by atoms with Crippen LogP contribution in [0.5, 0.6) is 0 Å². The smallest absolute Gasteiger partial charge is 0.409 e. The van der Waals surface area contributed by atoms with E-state index in [1.807, 2.05) is 39.8 Å². The van der Waals surface area contributed by atoms with E-state index in [0.29, 0.717) is 29.1 Å². The topological polar surface area (TPSA) is 143 Å². The second-order valence-electron chi connectivity index (χ2n) is 12.4. The summed E-state index contributed by atoms with van der Waals surface area (Å²) in [5, 5.41) is 12.2. The van der Waals surface area contributed by atoms with Crippen LogP contribution in [0.2, 0.25) is 0 Å². The summed E-state index contributed by atoms with van der Waals surface area (Å²) in [7, 11) is -3.94. The first kappa shape index (κ1) is 34.9. The molecule has 10 nitrogen and oxygen atoms in total. The van der Waals surface area contributed by atoms with Crippen molar-refractivity contribution in [1.29, 1.82) is 0 Å². The maximum Gasteiger partial charge on any atom is 0.409 e. The molecule has 1 fully saturated rings. The van der Waals surface area contributed by atoms with E-state index in [1.54, 1.807) is 41.0 Å². The van der Waals surface area contributed by atoms with Gasteiger partial charge in [0.05, 0.1) is 23.2 Å². The molecular formula is C33H48N4O6S. The number of hydrogen-bond donors (Lipinski definition) is 2. The van der Waals surface area contributed by atoms with E-state index in [0.717, 1.165) is 16.7 Å². The first-order valence-electron chi connectivity index (χ1n) is 15.4. The number of amides is 2. The van der Waals surface area contributed by atoms with Gasteiger partial charge < -0.3 is 25.5 Å². The number of benzene rings is 2. The molecular weight excluding hydrogens is 580 g/mol. The summed E-state index contributed by atoms with van der Waals surface area (Å²) in [5.74, 6) is -1.50. The van der Waals surface area contributed by atoms with E-state index < -0.39 is 21.8 Å². The second-order valence-corrected chi connectivity index (χ2v) is 14.3. The van der Waals surface area contributed by atoms with E-state index in [2.05, 4.69) is 19.0 Å². The van der Waals surface area contributed by atoms with Crippen LogP contribution in [-0.2, 0) is 25.8 Å². The number of nitrogens with zero attached hydrogens (tertiary/aromatic N) is 3. The van der Waals surface area contributed by atoms with Gasteiger partial charge in [-0.3, -0.25) is 4.79 Å². The number of carbonyl (C=O) groups excluding carboxylic acids is 2. The molecule has 242 valence electrons. The summed E-state index contributed by atoms with van der Waals surface area (Å²) in [5.41, 5.74) is 9.60. The molecule has 1 saturated heterocycles. The van der Waals surface area contributed by atoms with Gasteiger partial charge in [0.15, 0.2) is 15.7 Å². The molecule has 1 aliphatic rings. The third-order valence-corrected chi connectivity index (χ3v) is 10.0. The predicted octanol–water partition coefficient (Wildman–Crippen LogP) is 5.08. The monoisotopic (exact) mass is 628 g/mol. The molecule has 3 N–H and O–H groups in total. The molecule has 0 saturated carbocycles. The van der Waals surface area contributed by atoms with Crippen LogP contribution in [0.3, 0.4) is 0 Å². The molecule has 44 heavy (non-hydrogen) atoms. The van der Waals surface area contributed by atoms with E-state index >= 15 is 0 Å². The fourth-order valence-corrected chi connectivity index (χ4v) is 7.86. The number of rotatable bonds is 11. The van der Waals surface area contributed by atoms with Crippen LogP contribution < -0.4 is 5.73 Å². The molecule has 2 aromatic rings. The minimum atomic E-state index is -3.94. The number of ether oxygens (including phenoxy) is 1. The Kier molecular flexibility index (Phi) is 11.8. The standard InChI is InChI=1S/C33H48N4O6S/c1-8-43-33(39)37-14-12-36(13-15-37)32(38)27(17-24-10-9-11-25(16-24)31(34)35-40)20-44(41,42)30-28(22(4)5)18-26(21(2)3)19-29(30)23(6)7/h9-11,16,18-19,21-23,27,40H,8,12-15,17,20H2,1-7H3,(H2,34,35). The molecule has 1 unspecified atom stereocenters. The van der Waals surface area contributed by atoms with Crippen molar-refractivity contribution in [1.82, 2.24) is 9.80 Å². The Morgan fingerprint density at radius 3 is 2.00 bits per heavy atom. The van der Waals surface area contributed by atoms with Gasteiger partial charge in [-0.2, -0.15) is 0 Å². The van der Waals surface area contributed by atoms with Gasteiger partial charge in [-0.05, 0) is 59.4 Å². The van der Waals surface area contributed by atoms with Crippen LogP contribution in [0, 0.1) is 5.92 Å². The van der Waals surface area contributed by atoms with E-state index in [1.165, 1.54) is 0 Å². The fraction of sp³-hybridized carbons (Fsp3) is 0.545. The van der Waals surface area contributed by atoms with Crippen molar-refractivity contribution in [3.05, 3.63) is 64.2 Å². The van der Waals surface area contributed by atoms with Crippen molar-refractivity contribution >= 4 is 27.7 Å². The third-order valence-electron chi connectivity index (χ3n) is 8.09.